The summed E-state index contributed by atoms with van der Waals surface area (Å²) in [5.74, 6) is 0.687. The van der Waals surface area contributed by atoms with Gasteiger partial charge < -0.3 is 25.7 Å². The third-order valence-corrected chi connectivity index (χ3v) is 4.17. The van der Waals surface area contributed by atoms with Crippen LogP contribution in [0.2, 0.25) is 0 Å². The molecule has 0 aliphatic carbocycles. The van der Waals surface area contributed by atoms with Gasteiger partial charge in [0.25, 0.3) is 5.91 Å². The van der Waals surface area contributed by atoms with E-state index in [9.17, 15) is 14.7 Å². The number of amides is 3. The minimum absolute atomic E-state index is 0.0176. The molecule has 0 saturated carbocycles. The number of urea groups is 1. The number of nitrogens with one attached hydrogen (secondary N) is 2. The number of aliphatic hydroxyl groups excluding tert-OH is 2. The zero-order chi connectivity index (χ0) is 17.5. The normalized spacial score (nSPS) is 16.5. The van der Waals surface area contributed by atoms with Crippen LogP contribution < -0.4 is 10.6 Å². The molecule has 2 rings (SSSR count). The summed E-state index contributed by atoms with van der Waals surface area (Å²) in [6, 6.07) is 6.24. The molecule has 1 aromatic carbocycles. The van der Waals surface area contributed by atoms with Gasteiger partial charge in [-0.15, -0.1) is 0 Å². The molecule has 1 fully saturated rings. The SMILES string of the molecule is CC1CCN(C(=O)c2ccc(NC(=O)NC[C@H](O)CO)cc2)CC1. The van der Waals surface area contributed by atoms with E-state index >= 15 is 0 Å². The van der Waals surface area contributed by atoms with Gasteiger partial charge in [-0.05, 0) is 43.0 Å². The minimum atomic E-state index is -0.983. The molecule has 24 heavy (non-hydrogen) atoms. The predicted octanol–water partition coefficient (Wildman–Crippen LogP) is 1.03. The van der Waals surface area contributed by atoms with Crippen molar-refractivity contribution in [3.8, 4) is 0 Å². The molecule has 1 aromatic rings. The quantitative estimate of drug-likeness (QED) is 0.645. The third kappa shape index (κ3) is 5.21. The fourth-order valence-electron chi connectivity index (χ4n) is 2.54. The van der Waals surface area contributed by atoms with E-state index in [1.165, 1.54) is 0 Å². The Morgan fingerprint density at radius 1 is 1.25 bits per heavy atom. The van der Waals surface area contributed by atoms with Crippen LogP contribution in [0.15, 0.2) is 24.3 Å². The number of aliphatic hydroxyl groups is 2. The van der Waals surface area contributed by atoms with Gasteiger partial charge in [-0.3, -0.25) is 4.79 Å². The second kappa shape index (κ2) is 8.65. The van der Waals surface area contributed by atoms with Crippen LogP contribution in [0, 0.1) is 5.92 Å². The van der Waals surface area contributed by atoms with E-state index in [1.54, 1.807) is 24.3 Å². The molecule has 0 radical (unpaired) electrons. The second-order valence-corrected chi connectivity index (χ2v) is 6.22. The average molecular weight is 335 g/mol. The van der Waals surface area contributed by atoms with Crippen molar-refractivity contribution in [3.05, 3.63) is 29.8 Å². The lowest BCUT2D eigenvalue weighted by atomic mass is 9.98. The number of likely N-dealkylation sites (tertiary alicyclic amines) is 1. The Labute approximate surface area is 141 Å². The van der Waals surface area contributed by atoms with E-state index < -0.39 is 18.7 Å². The summed E-state index contributed by atoms with van der Waals surface area (Å²) in [6.45, 7) is 3.33. The molecule has 0 spiro atoms. The molecular formula is C17H25N3O4. The summed E-state index contributed by atoms with van der Waals surface area (Å²) in [5.41, 5.74) is 1.15. The molecule has 4 N–H and O–H groups in total. The number of carbonyl (C=O) groups excluding carboxylic acids is 2. The van der Waals surface area contributed by atoms with Gasteiger partial charge in [0.05, 0.1) is 12.7 Å². The Morgan fingerprint density at radius 2 is 1.88 bits per heavy atom. The molecule has 1 atom stereocenters. The van der Waals surface area contributed by atoms with Crippen LogP contribution >= 0.6 is 0 Å². The average Bonchev–Trinajstić information content (AvgIpc) is 2.60. The summed E-state index contributed by atoms with van der Waals surface area (Å²) in [7, 11) is 0. The fraction of sp³-hybridized carbons (Fsp3) is 0.529. The first kappa shape index (κ1) is 18.2. The van der Waals surface area contributed by atoms with Crippen LogP contribution in [0.5, 0.6) is 0 Å². The Kier molecular flexibility index (Phi) is 6.57. The number of carbonyl (C=O) groups is 2. The second-order valence-electron chi connectivity index (χ2n) is 6.22. The number of piperidine rings is 1. The summed E-state index contributed by atoms with van der Waals surface area (Å²) in [4.78, 5) is 25.9. The lowest BCUT2D eigenvalue weighted by Crippen LogP contribution is -2.38. The van der Waals surface area contributed by atoms with E-state index in [0.29, 0.717) is 17.2 Å². The molecule has 1 aliphatic rings. The highest BCUT2D eigenvalue weighted by Gasteiger charge is 2.21. The van der Waals surface area contributed by atoms with Gasteiger partial charge in [0, 0.05) is 30.9 Å². The number of hydrogen-bond donors (Lipinski definition) is 4. The molecule has 0 bridgehead atoms. The van der Waals surface area contributed by atoms with E-state index in [1.807, 2.05) is 4.90 Å². The summed E-state index contributed by atoms with van der Waals surface area (Å²) < 4.78 is 0. The van der Waals surface area contributed by atoms with Gasteiger partial charge in [0.1, 0.15) is 0 Å². The van der Waals surface area contributed by atoms with Gasteiger partial charge in [-0.1, -0.05) is 6.92 Å². The van der Waals surface area contributed by atoms with Crippen molar-refractivity contribution in [1.29, 1.82) is 0 Å². The fourth-order valence-corrected chi connectivity index (χ4v) is 2.54. The zero-order valence-corrected chi connectivity index (χ0v) is 13.9. The van der Waals surface area contributed by atoms with Crippen LogP contribution in [0.25, 0.3) is 0 Å². The number of nitrogens with zero attached hydrogens (tertiary/aromatic N) is 1. The van der Waals surface area contributed by atoms with Crippen LogP contribution in [-0.2, 0) is 0 Å². The Balaban J connectivity index is 1.86. The highest BCUT2D eigenvalue weighted by atomic mass is 16.3. The number of hydrogen-bond acceptors (Lipinski definition) is 4. The van der Waals surface area contributed by atoms with Crippen molar-refractivity contribution in [2.24, 2.45) is 5.92 Å². The molecule has 3 amide bonds. The Morgan fingerprint density at radius 3 is 2.46 bits per heavy atom. The first-order valence-corrected chi connectivity index (χ1v) is 8.22. The van der Waals surface area contributed by atoms with Crippen molar-refractivity contribution in [2.45, 2.75) is 25.9 Å². The molecule has 1 heterocycles. The van der Waals surface area contributed by atoms with Crippen molar-refractivity contribution in [2.75, 3.05) is 31.6 Å². The van der Waals surface area contributed by atoms with E-state index in [0.717, 1.165) is 25.9 Å². The molecule has 1 aliphatic heterocycles. The molecule has 132 valence electrons. The van der Waals surface area contributed by atoms with E-state index in [-0.39, 0.29) is 12.5 Å². The van der Waals surface area contributed by atoms with E-state index in [4.69, 9.17) is 5.11 Å². The first-order valence-electron chi connectivity index (χ1n) is 8.22. The molecule has 1 saturated heterocycles. The molecular weight excluding hydrogens is 310 g/mol. The summed E-state index contributed by atoms with van der Waals surface area (Å²) in [5, 5.41) is 22.9. The maximum atomic E-state index is 12.4. The third-order valence-electron chi connectivity index (χ3n) is 4.17. The maximum absolute atomic E-state index is 12.4. The van der Waals surface area contributed by atoms with E-state index in [2.05, 4.69) is 17.6 Å². The minimum Gasteiger partial charge on any atom is -0.394 e. The van der Waals surface area contributed by atoms with Crippen LogP contribution in [0.3, 0.4) is 0 Å². The van der Waals surface area contributed by atoms with Gasteiger partial charge in [-0.25, -0.2) is 4.79 Å². The van der Waals surface area contributed by atoms with Crippen molar-refractivity contribution in [3.63, 3.8) is 0 Å². The monoisotopic (exact) mass is 335 g/mol. The smallest absolute Gasteiger partial charge is 0.319 e. The standard InChI is InChI=1S/C17H25N3O4/c1-12-6-8-20(9-7-12)16(23)13-2-4-14(5-3-13)19-17(24)18-10-15(22)11-21/h2-5,12,15,21-22H,6-11H2,1H3,(H2,18,19,24)/t15-/m0/s1. The van der Waals surface area contributed by atoms with Crippen LogP contribution in [0.1, 0.15) is 30.1 Å². The Hall–Kier alpha value is -2.12. The van der Waals surface area contributed by atoms with Gasteiger partial charge >= 0.3 is 6.03 Å². The zero-order valence-electron chi connectivity index (χ0n) is 13.9. The predicted molar refractivity (Wildman–Crippen MR) is 90.9 cm³/mol. The highest BCUT2D eigenvalue weighted by molar-refractivity contribution is 5.95. The molecule has 0 unspecified atom stereocenters. The van der Waals surface area contributed by atoms with Crippen LogP contribution in [-0.4, -0.2) is 59.4 Å². The lowest BCUT2D eigenvalue weighted by molar-refractivity contribution is 0.0697. The molecule has 7 heteroatoms. The lowest BCUT2D eigenvalue weighted by Gasteiger charge is -2.30. The summed E-state index contributed by atoms with van der Waals surface area (Å²) >= 11 is 0. The van der Waals surface area contributed by atoms with Gasteiger partial charge in [-0.2, -0.15) is 0 Å². The number of rotatable bonds is 5. The van der Waals surface area contributed by atoms with Crippen molar-refractivity contribution < 1.29 is 19.8 Å². The summed E-state index contributed by atoms with van der Waals surface area (Å²) in [6.07, 6.45) is 1.08. The largest absolute Gasteiger partial charge is 0.394 e. The van der Waals surface area contributed by atoms with Gasteiger partial charge in [0.15, 0.2) is 0 Å². The molecule has 0 aromatic heterocycles. The van der Waals surface area contributed by atoms with Crippen molar-refractivity contribution in [1.82, 2.24) is 10.2 Å². The molecule has 7 nitrogen and oxygen atoms in total. The maximum Gasteiger partial charge on any atom is 0.319 e. The number of anilines is 1. The van der Waals surface area contributed by atoms with Crippen molar-refractivity contribution >= 4 is 17.6 Å². The highest BCUT2D eigenvalue weighted by Crippen LogP contribution is 2.19. The topological polar surface area (TPSA) is 102 Å². The number of benzene rings is 1. The first-order chi connectivity index (χ1) is 11.5. The van der Waals surface area contributed by atoms with Gasteiger partial charge in [0.2, 0.25) is 0 Å². The van der Waals surface area contributed by atoms with Crippen LogP contribution in [0.4, 0.5) is 10.5 Å². The Bertz CT molecular complexity index is 553.